The summed E-state index contributed by atoms with van der Waals surface area (Å²) in [6.45, 7) is 6.25. The molecule has 44 heavy (non-hydrogen) atoms. The van der Waals surface area contributed by atoms with Crippen LogP contribution in [0.5, 0.6) is 11.5 Å². The maximum absolute atomic E-state index is 12.3. The summed E-state index contributed by atoms with van der Waals surface area (Å²) < 4.78 is 38.3. The summed E-state index contributed by atoms with van der Waals surface area (Å²) in [6, 6.07) is 10.3. The molecule has 0 aliphatic carbocycles. The van der Waals surface area contributed by atoms with E-state index in [9.17, 15) is 24.0 Å². The van der Waals surface area contributed by atoms with Crippen LogP contribution in [-0.4, -0.2) is 72.7 Å². The average molecular weight is 634 g/mol. The average Bonchev–Trinajstić information content (AvgIpc) is 2.93. The minimum atomic E-state index is -1.33. The van der Waals surface area contributed by atoms with Crippen molar-refractivity contribution in [3.05, 3.63) is 53.1 Å². The Hall–Kier alpha value is -4.46. The van der Waals surface area contributed by atoms with Gasteiger partial charge >= 0.3 is 30.0 Å². The first kappa shape index (κ1) is 34.0. The molecular weight excluding hydrogens is 598 g/mol. The number of aryl methyl sites for hydroxylation is 1. The molecule has 5 atom stereocenters. The number of rotatable bonds is 10. The number of esters is 4. The maximum atomic E-state index is 12.3. The van der Waals surface area contributed by atoms with Crippen LogP contribution in [0.1, 0.15) is 44.4 Å². The van der Waals surface area contributed by atoms with Gasteiger partial charge < -0.3 is 38.9 Å². The monoisotopic (exact) mass is 633 g/mol. The highest BCUT2D eigenvalue weighted by Crippen LogP contribution is 2.41. The number of anilines is 1. The maximum Gasteiger partial charge on any atom is 0.513 e. The molecule has 0 spiro atoms. The van der Waals surface area contributed by atoms with Gasteiger partial charge in [0.1, 0.15) is 18.1 Å². The highest BCUT2D eigenvalue weighted by atomic mass is 32.2. The first-order valence-corrected chi connectivity index (χ1v) is 14.4. The summed E-state index contributed by atoms with van der Waals surface area (Å²) in [4.78, 5) is 60.2. The number of thioether (sulfide) groups is 1. The van der Waals surface area contributed by atoms with Gasteiger partial charge in [0, 0.05) is 51.4 Å². The van der Waals surface area contributed by atoms with Crippen molar-refractivity contribution in [1.82, 2.24) is 0 Å². The van der Waals surface area contributed by atoms with Crippen LogP contribution in [0, 0.1) is 6.92 Å². The fraction of sp³-hybridized carbons (Fsp3) is 0.433. The number of carbonyl (C=O) groups is 5. The van der Waals surface area contributed by atoms with Gasteiger partial charge in [0.2, 0.25) is 0 Å². The molecule has 1 heterocycles. The van der Waals surface area contributed by atoms with Crippen molar-refractivity contribution in [3.8, 4) is 11.5 Å². The molecule has 13 nitrogen and oxygen atoms in total. The van der Waals surface area contributed by atoms with Crippen LogP contribution in [-0.2, 0) is 49.3 Å². The molecule has 0 unspecified atom stereocenters. The molecule has 1 aliphatic heterocycles. The van der Waals surface area contributed by atoms with E-state index in [0.29, 0.717) is 23.2 Å². The van der Waals surface area contributed by atoms with Crippen LogP contribution in [0.4, 0.5) is 10.5 Å². The zero-order chi connectivity index (χ0) is 32.6. The summed E-state index contributed by atoms with van der Waals surface area (Å²) >= 11 is 1.05. The third kappa shape index (κ3) is 9.53. The quantitative estimate of drug-likeness (QED) is 0.174. The molecule has 0 amide bonds. The van der Waals surface area contributed by atoms with Crippen LogP contribution >= 0.6 is 11.8 Å². The third-order valence-corrected chi connectivity index (χ3v) is 7.71. The summed E-state index contributed by atoms with van der Waals surface area (Å²) in [5.41, 5.74) is 7.62. The highest BCUT2D eigenvalue weighted by molar-refractivity contribution is 8.00. The number of carbonyl (C=O) groups excluding carboxylic acids is 5. The number of nitrogen functional groups attached to an aromatic ring is 1. The predicted molar refractivity (Wildman–Crippen MR) is 157 cm³/mol. The van der Waals surface area contributed by atoms with Gasteiger partial charge in [0.25, 0.3) is 0 Å². The second kappa shape index (κ2) is 15.3. The summed E-state index contributed by atoms with van der Waals surface area (Å²) in [6.07, 6.45) is -4.37. The van der Waals surface area contributed by atoms with Gasteiger partial charge in [-0.1, -0.05) is 12.1 Å². The predicted octanol–water partition coefficient (Wildman–Crippen LogP) is 3.49. The zero-order valence-corrected chi connectivity index (χ0v) is 26.0. The molecule has 14 heteroatoms. The van der Waals surface area contributed by atoms with E-state index in [1.54, 1.807) is 25.1 Å². The summed E-state index contributed by atoms with van der Waals surface area (Å²) in [7, 11) is 1.17. The molecule has 2 aromatic rings. The lowest BCUT2D eigenvalue weighted by Crippen LogP contribution is -2.59. The van der Waals surface area contributed by atoms with Crippen LogP contribution in [0.2, 0.25) is 0 Å². The second-order valence-electron chi connectivity index (χ2n) is 9.88. The van der Waals surface area contributed by atoms with Gasteiger partial charge in [0.05, 0.1) is 12.4 Å². The molecule has 0 bridgehead atoms. The summed E-state index contributed by atoms with van der Waals surface area (Å²) in [5, 5.41) is -0.805. The number of ether oxygens (including phenoxy) is 7. The Morgan fingerprint density at radius 2 is 1.41 bits per heavy atom. The first-order chi connectivity index (χ1) is 20.8. The summed E-state index contributed by atoms with van der Waals surface area (Å²) in [5.74, 6) is -2.40. The van der Waals surface area contributed by atoms with Gasteiger partial charge in [-0.3, -0.25) is 19.2 Å². The molecular formula is C30H35NO12S. The van der Waals surface area contributed by atoms with Crippen molar-refractivity contribution < 1.29 is 57.1 Å². The largest absolute Gasteiger partial charge is 0.513 e. The van der Waals surface area contributed by atoms with Crippen molar-refractivity contribution in [2.45, 2.75) is 70.0 Å². The van der Waals surface area contributed by atoms with E-state index in [2.05, 4.69) is 4.74 Å². The van der Waals surface area contributed by atoms with Crippen molar-refractivity contribution in [2.75, 3.05) is 19.5 Å². The molecule has 2 aromatic carbocycles. The number of hydrogen-bond donors (Lipinski definition) is 1. The van der Waals surface area contributed by atoms with E-state index < -0.39 is 59.0 Å². The van der Waals surface area contributed by atoms with Gasteiger partial charge in [-0.15, -0.1) is 11.8 Å². The molecule has 0 saturated carbocycles. The molecule has 0 radical (unpaired) electrons. The lowest BCUT2D eigenvalue weighted by Gasteiger charge is -2.43. The highest BCUT2D eigenvalue weighted by Gasteiger charge is 2.53. The topological polar surface area (TPSA) is 176 Å². The number of nitrogens with two attached hydrogens (primary N) is 1. The van der Waals surface area contributed by atoms with Crippen LogP contribution < -0.4 is 15.2 Å². The zero-order valence-electron chi connectivity index (χ0n) is 25.1. The Balaban J connectivity index is 2.13. The van der Waals surface area contributed by atoms with E-state index in [4.69, 9.17) is 34.2 Å². The standard InChI is InChI=1S/C30H35NO12S/c1-15-11-22(42-30(36)37-6)13-24(23(15)12-20-7-9-21(31)10-8-20)43-29-28(41-19(5)35)27(40-18(4)34)26(39-17(3)33)25(44-29)14-38-16(2)32/h7-11,13,25-29H,12,14,31H2,1-6H3/t25-,26-,27+,28-,29-/m1/s1. The van der Waals surface area contributed by atoms with Crippen molar-refractivity contribution in [1.29, 1.82) is 0 Å². The number of methoxy groups -OCH3 is 1. The van der Waals surface area contributed by atoms with Gasteiger partial charge in [-0.25, -0.2) is 4.79 Å². The van der Waals surface area contributed by atoms with E-state index in [0.717, 1.165) is 24.2 Å². The number of benzene rings is 2. The lowest BCUT2D eigenvalue weighted by atomic mass is 9.98. The Morgan fingerprint density at radius 3 is 1.98 bits per heavy atom. The van der Waals surface area contributed by atoms with Crippen molar-refractivity contribution >= 4 is 47.5 Å². The Morgan fingerprint density at radius 1 is 0.818 bits per heavy atom. The van der Waals surface area contributed by atoms with Crippen LogP contribution in [0.25, 0.3) is 0 Å². The normalized spacial score (nSPS) is 20.9. The van der Waals surface area contributed by atoms with E-state index >= 15 is 0 Å². The SMILES string of the molecule is COC(=O)Oc1cc(C)c(Cc2ccc(N)cc2)c(O[C@@H]2S[C@H](COC(C)=O)[C@@H](OC(C)=O)[C@H](OC(C)=O)[C@H]2OC(C)=O)c1. The van der Waals surface area contributed by atoms with Gasteiger partial charge in [-0.05, 0) is 36.2 Å². The second-order valence-corrected chi connectivity index (χ2v) is 11.2. The Bertz CT molecular complexity index is 1380. The first-order valence-electron chi connectivity index (χ1n) is 13.5. The fourth-order valence-corrected chi connectivity index (χ4v) is 5.91. The van der Waals surface area contributed by atoms with Crippen molar-refractivity contribution in [3.63, 3.8) is 0 Å². The molecule has 238 valence electrons. The number of hydrogen-bond acceptors (Lipinski definition) is 14. The Kier molecular flexibility index (Phi) is 11.9. The molecule has 0 aromatic heterocycles. The third-order valence-electron chi connectivity index (χ3n) is 6.33. The minimum Gasteiger partial charge on any atom is -0.475 e. The molecule has 1 saturated heterocycles. The van der Waals surface area contributed by atoms with Crippen molar-refractivity contribution in [2.24, 2.45) is 0 Å². The molecule has 1 aliphatic rings. The van der Waals surface area contributed by atoms with E-state index in [1.165, 1.54) is 33.9 Å². The smallest absolute Gasteiger partial charge is 0.475 e. The molecule has 2 N–H and O–H groups in total. The van der Waals surface area contributed by atoms with Gasteiger partial charge in [-0.2, -0.15) is 0 Å². The minimum absolute atomic E-state index is 0.112. The van der Waals surface area contributed by atoms with Crippen LogP contribution in [0.3, 0.4) is 0 Å². The van der Waals surface area contributed by atoms with Gasteiger partial charge in [0.15, 0.2) is 23.7 Å². The molecule has 1 fully saturated rings. The van der Waals surface area contributed by atoms with Crippen LogP contribution in [0.15, 0.2) is 36.4 Å². The lowest BCUT2D eigenvalue weighted by molar-refractivity contribution is -0.190. The Labute approximate surface area is 258 Å². The van der Waals surface area contributed by atoms with E-state index in [1.807, 2.05) is 12.1 Å². The van der Waals surface area contributed by atoms with E-state index in [-0.39, 0.29) is 18.1 Å². The fourth-order valence-electron chi connectivity index (χ4n) is 4.53. The molecule has 3 rings (SSSR count).